The molecule has 22 heavy (non-hydrogen) atoms. The lowest BCUT2D eigenvalue weighted by atomic mass is 10.2. The zero-order chi connectivity index (χ0) is 14.6. The minimum atomic E-state index is 0. The second-order valence-electron chi connectivity index (χ2n) is 5.61. The Labute approximate surface area is 160 Å². The van der Waals surface area contributed by atoms with Gasteiger partial charge in [-0.25, -0.2) is 0 Å². The zero-order valence-electron chi connectivity index (χ0n) is 14.1. The SMILES string of the molecule is CC[N+](CC)(CC)CCC[n+]1c(C)sc2ccccc21.[Br-].[Br-]. The summed E-state index contributed by atoms with van der Waals surface area (Å²) in [6, 6.07) is 8.76. The third-order valence-corrected chi connectivity index (χ3v) is 5.90. The number of nitrogens with zero attached hydrogens (tertiary/aromatic N) is 2. The second-order valence-corrected chi connectivity index (χ2v) is 6.84. The molecule has 0 unspecified atom stereocenters. The van der Waals surface area contributed by atoms with Crippen molar-refractivity contribution < 1.29 is 43.0 Å². The average molecular weight is 452 g/mol. The Kier molecular flexibility index (Phi) is 10.0. The van der Waals surface area contributed by atoms with Crippen LogP contribution in [0.1, 0.15) is 32.2 Å². The summed E-state index contributed by atoms with van der Waals surface area (Å²) in [5.41, 5.74) is 1.40. The fourth-order valence-electron chi connectivity index (χ4n) is 3.14. The molecule has 0 aliphatic rings. The first-order valence-corrected chi connectivity index (χ1v) is 8.70. The van der Waals surface area contributed by atoms with Gasteiger partial charge in [0.1, 0.15) is 4.70 Å². The number of hydrogen-bond acceptors (Lipinski definition) is 1. The van der Waals surface area contributed by atoms with Crippen molar-refractivity contribution in [2.24, 2.45) is 0 Å². The van der Waals surface area contributed by atoms with Gasteiger partial charge in [0, 0.05) is 13.0 Å². The van der Waals surface area contributed by atoms with Gasteiger partial charge in [0.15, 0.2) is 6.54 Å². The van der Waals surface area contributed by atoms with Crippen LogP contribution in [0.2, 0.25) is 0 Å². The fraction of sp³-hybridized carbons (Fsp3) is 0.588. The maximum atomic E-state index is 2.50. The molecule has 0 saturated heterocycles. The maximum Gasteiger partial charge on any atom is 0.235 e. The second kappa shape index (κ2) is 10.0. The predicted octanol–water partition coefficient (Wildman–Crippen LogP) is -2.23. The highest BCUT2D eigenvalue weighted by molar-refractivity contribution is 7.18. The molecule has 2 aromatic rings. The van der Waals surface area contributed by atoms with Crippen molar-refractivity contribution in [3.63, 3.8) is 0 Å². The Balaban J connectivity index is 0.00000220. The third kappa shape index (κ3) is 4.76. The minimum Gasteiger partial charge on any atom is -1.00 e. The van der Waals surface area contributed by atoms with Crippen LogP contribution >= 0.6 is 11.3 Å². The highest BCUT2D eigenvalue weighted by Crippen LogP contribution is 2.19. The van der Waals surface area contributed by atoms with Crippen molar-refractivity contribution in [2.75, 3.05) is 26.2 Å². The van der Waals surface area contributed by atoms with Gasteiger partial charge >= 0.3 is 0 Å². The molecule has 0 radical (unpaired) electrons. The summed E-state index contributed by atoms with van der Waals surface area (Å²) in [4.78, 5) is 0. The van der Waals surface area contributed by atoms with Crippen LogP contribution in [-0.4, -0.2) is 30.7 Å². The van der Waals surface area contributed by atoms with Gasteiger partial charge in [-0.3, -0.25) is 0 Å². The standard InChI is InChI=1S/C17H28N2S.2BrH/c1-5-19(6-2,7-3)14-10-13-18-15(4)20-17-12-9-8-11-16(17)18;;/h8-9,11-12H,5-7,10,13-14H2,1-4H3;2*1H/q+2;;/p-2. The first-order valence-electron chi connectivity index (χ1n) is 7.89. The number of para-hydroxylation sites is 1. The molecule has 5 heteroatoms. The molecule has 1 heterocycles. The number of thiazole rings is 1. The van der Waals surface area contributed by atoms with Crippen molar-refractivity contribution >= 4 is 21.6 Å². The number of hydrogen-bond donors (Lipinski definition) is 0. The lowest BCUT2D eigenvalue weighted by Crippen LogP contribution is -3.00. The Bertz CT molecular complexity index is 557. The molecule has 0 fully saturated rings. The lowest BCUT2D eigenvalue weighted by Gasteiger charge is -2.35. The molecule has 2 nitrogen and oxygen atoms in total. The molecule has 0 saturated carbocycles. The van der Waals surface area contributed by atoms with E-state index in [2.05, 4.69) is 56.5 Å². The Morgan fingerprint density at radius 2 is 1.59 bits per heavy atom. The fourth-order valence-corrected chi connectivity index (χ4v) is 4.19. The smallest absolute Gasteiger partial charge is 0.235 e. The Hall–Kier alpha value is 0.0300. The summed E-state index contributed by atoms with van der Waals surface area (Å²) in [6.07, 6.45) is 1.27. The summed E-state index contributed by atoms with van der Waals surface area (Å²) in [6.45, 7) is 15.4. The molecule has 2 rings (SSSR count). The van der Waals surface area contributed by atoms with E-state index in [4.69, 9.17) is 0 Å². The van der Waals surface area contributed by atoms with E-state index in [0.29, 0.717) is 0 Å². The quantitative estimate of drug-likeness (QED) is 0.331. The third-order valence-electron chi connectivity index (χ3n) is 4.82. The molecule has 0 bridgehead atoms. The van der Waals surface area contributed by atoms with Gasteiger partial charge in [-0.2, -0.15) is 4.57 Å². The molecule has 1 aromatic carbocycles. The van der Waals surface area contributed by atoms with Gasteiger partial charge in [-0.1, -0.05) is 23.5 Å². The van der Waals surface area contributed by atoms with E-state index in [-0.39, 0.29) is 34.0 Å². The molecular weight excluding hydrogens is 424 g/mol. The van der Waals surface area contributed by atoms with E-state index in [1.54, 1.807) is 0 Å². The van der Waals surface area contributed by atoms with Gasteiger partial charge in [0.25, 0.3) is 0 Å². The first kappa shape index (κ1) is 22.0. The van der Waals surface area contributed by atoms with Gasteiger partial charge in [-0.15, -0.1) is 0 Å². The highest BCUT2D eigenvalue weighted by atomic mass is 79.9. The molecule has 0 amide bonds. The van der Waals surface area contributed by atoms with Gasteiger partial charge < -0.3 is 38.4 Å². The summed E-state index contributed by atoms with van der Waals surface area (Å²) >= 11 is 1.91. The molecule has 0 N–H and O–H groups in total. The van der Waals surface area contributed by atoms with Crippen LogP contribution < -0.4 is 38.5 Å². The molecule has 0 aliphatic heterocycles. The van der Waals surface area contributed by atoms with Crippen LogP contribution in [0.4, 0.5) is 0 Å². The monoisotopic (exact) mass is 450 g/mol. The van der Waals surface area contributed by atoms with Gasteiger partial charge in [0.05, 0.1) is 32.6 Å². The Morgan fingerprint density at radius 1 is 1.00 bits per heavy atom. The van der Waals surface area contributed by atoms with Crippen molar-refractivity contribution in [3.05, 3.63) is 29.3 Å². The Morgan fingerprint density at radius 3 is 2.18 bits per heavy atom. The summed E-state index contributed by atoms with van der Waals surface area (Å²) in [5.74, 6) is 0. The molecule has 1 aromatic heterocycles. The topological polar surface area (TPSA) is 3.88 Å². The number of rotatable bonds is 7. The largest absolute Gasteiger partial charge is 1.00 e. The van der Waals surface area contributed by atoms with Crippen molar-refractivity contribution in [1.29, 1.82) is 0 Å². The lowest BCUT2D eigenvalue weighted by molar-refractivity contribution is -0.925. The molecule has 0 aliphatic carbocycles. The van der Waals surface area contributed by atoms with Gasteiger partial charge in [-0.05, 0) is 26.8 Å². The van der Waals surface area contributed by atoms with E-state index >= 15 is 0 Å². The zero-order valence-corrected chi connectivity index (χ0v) is 18.1. The first-order chi connectivity index (χ1) is 9.65. The van der Waals surface area contributed by atoms with E-state index < -0.39 is 0 Å². The van der Waals surface area contributed by atoms with Gasteiger partial charge in [0.2, 0.25) is 10.5 Å². The molecule has 0 spiro atoms. The van der Waals surface area contributed by atoms with Crippen molar-refractivity contribution in [1.82, 2.24) is 0 Å². The summed E-state index contributed by atoms with van der Waals surface area (Å²) in [7, 11) is 0. The number of fused-ring (bicyclic) bond motifs is 1. The summed E-state index contributed by atoms with van der Waals surface area (Å²) < 4.78 is 5.16. The number of benzene rings is 1. The normalized spacial score (nSPS) is 11.1. The van der Waals surface area contributed by atoms with Crippen molar-refractivity contribution in [2.45, 2.75) is 40.7 Å². The highest BCUT2D eigenvalue weighted by Gasteiger charge is 2.22. The minimum absolute atomic E-state index is 0. The molecule has 0 atom stereocenters. The van der Waals surface area contributed by atoms with E-state index in [1.165, 1.54) is 52.3 Å². The molecule has 126 valence electrons. The number of quaternary nitrogens is 1. The number of aryl methyl sites for hydroxylation is 2. The van der Waals surface area contributed by atoms with Crippen LogP contribution in [0.15, 0.2) is 24.3 Å². The maximum absolute atomic E-state index is 2.50. The van der Waals surface area contributed by atoms with E-state index in [9.17, 15) is 0 Å². The summed E-state index contributed by atoms with van der Waals surface area (Å²) in [5, 5.41) is 1.42. The van der Waals surface area contributed by atoms with E-state index in [0.717, 1.165) is 6.54 Å². The predicted molar refractivity (Wildman–Crippen MR) is 88.1 cm³/mol. The van der Waals surface area contributed by atoms with Crippen LogP contribution in [0.5, 0.6) is 0 Å². The van der Waals surface area contributed by atoms with Crippen LogP contribution in [-0.2, 0) is 6.54 Å². The van der Waals surface area contributed by atoms with Crippen LogP contribution in [0, 0.1) is 6.92 Å². The van der Waals surface area contributed by atoms with Crippen molar-refractivity contribution in [3.8, 4) is 0 Å². The van der Waals surface area contributed by atoms with E-state index in [1.807, 2.05) is 11.3 Å². The van der Waals surface area contributed by atoms with Crippen LogP contribution in [0.25, 0.3) is 10.2 Å². The number of halogens is 2. The average Bonchev–Trinajstić information content (AvgIpc) is 2.80. The number of aromatic nitrogens is 1. The molecular formula is C17H28Br2N2S. The van der Waals surface area contributed by atoms with Crippen LogP contribution in [0.3, 0.4) is 0 Å².